The van der Waals surface area contributed by atoms with Crippen LogP contribution >= 0.6 is 0 Å². The molecule has 9 heteroatoms. The molecule has 150 valence electrons. The Morgan fingerprint density at radius 1 is 1.17 bits per heavy atom. The monoisotopic (exact) mass is 414 g/mol. The molecule has 0 amide bonds. The Bertz CT molecular complexity index is 1190. The molecule has 29 heavy (non-hydrogen) atoms. The summed E-state index contributed by atoms with van der Waals surface area (Å²) >= 11 is 0. The molecule has 0 aliphatic carbocycles. The van der Waals surface area contributed by atoms with E-state index in [-0.39, 0.29) is 17.3 Å². The number of hydrogen-bond acceptors (Lipinski definition) is 5. The molecule has 2 N–H and O–H groups in total. The van der Waals surface area contributed by atoms with E-state index in [9.17, 15) is 12.8 Å². The van der Waals surface area contributed by atoms with E-state index in [2.05, 4.69) is 10.5 Å². The molecule has 4 rings (SSSR count). The quantitative estimate of drug-likeness (QED) is 0.686. The summed E-state index contributed by atoms with van der Waals surface area (Å²) in [6.45, 7) is 1.56. The van der Waals surface area contributed by atoms with Crippen molar-refractivity contribution in [2.75, 3.05) is 12.8 Å². The third-order valence-electron chi connectivity index (χ3n) is 5.02. The van der Waals surface area contributed by atoms with Gasteiger partial charge in [0.05, 0.1) is 11.3 Å². The number of benzene rings is 2. The first-order valence-corrected chi connectivity index (χ1v) is 10.5. The van der Waals surface area contributed by atoms with Crippen molar-refractivity contribution in [1.82, 2.24) is 14.8 Å². The number of hydrogen-bond donors (Lipinski definition) is 2. The van der Waals surface area contributed by atoms with Crippen molar-refractivity contribution in [2.24, 2.45) is 0 Å². The first-order chi connectivity index (χ1) is 13.7. The molecule has 1 atom stereocenters. The van der Waals surface area contributed by atoms with E-state index in [4.69, 9.17) is 9.93 Å². The highest BCUT2D eigenvalue weighted by Gasteiger charge is 2.43. The zero-order chi connectivity index (χ0) is 20.8. The fourth-order valence-corrected chi connectivity index (χ4v) is 4.85. The zero-order valence-electron chi connectivity index (χ0n) is 15.8. The molecule has 1 fully saturated rings. The van der Waals surface area contributed by atoms with E-state index in [1.54, 1.807) is 19.1 Å². The molecule has 1 aliphatic rings. The van der Waals surface area contributed by atoms with Crippen LogP contribution in [-0.2, 0) is 15.6 Å². The van der Waals surface area contributed by atoms with Gasteiger partial charge < -0.3 is 9.84 Å². The summed E-state index contributed by atoms with van der Waals surface area (Å²) in [7, 11) is -2.46. The maximum Gasteiger partial charge on any atom is 0.239 e. The number of nitrogens with one attached hydrogen (secondary N) is 2. The van der Waals surface area contributed by atoms with Gasteiger partial charge in [-0.3, -0.25) is 5.41 Å². The van der Waals surface area contributed by atoms with Gasteiger partial charge in [0.25, 0.3) is 0 Å². The minimum absolute atomic E-state index is 0.133. The lowest BCUT2D eigenvalue weighted by molar-refractivity contribution is 0.402. The first kappa shape index (κ1) is 19.1. The maximum absolute atomic E-state index is 14.7. The maximum atomic E-state index is 14.7. The molecule has 1 saturated heterocycles. The molecule has 1 aliphatic heterocycles. The predicted octanol–water partition coefficient (Wildman–Crippen LogP) is 3.16. The third kappa shape index (κ3) is 3.38. The fourth-order valence-electron chi connectivity index (χ4n) is 3.38. The Hall–Kier alpha value is -3.20. The van der Waals surface area contributed by atoms with Crippen LogP contribution in [0.1, 0.15) is 12.5 Å². The Kier molecular flexibility index (Phi) is 4.42. The van der Waals surface area contributed by atoms with Crippen LogP contribution in [0.3, 0.4) is 0 Å². The minimum atomic E-state index is -3.75. The number of rotatable bonds is 3. The van der Waals surface area contributed by atoms with Crippen LogP contribution in [0.25, 0.3) is 22.6 Å². The van der Waals surface area contributed by atoms with Crippen molar-refractivity contribution in [3.8, 4) is 22.6 Å². The van der Waals surface area contributed by atoms with E-state index >= 15 is 0 Å². The van der Waals surface area contributed by atoms with E-state index in [1.165, 1.54) is 19.2 Å². The zero-order valence-corrected chi connectivity index (χ0v) is 16.6. The van der Waals surface area contributed by atoms with Crippen LogP contribution < -0.4 is 5.32 Å². The summed E-state index contributed by atoms with van der Waals surface area (Å²) in [6.07, 6.45) is 0. The average Bonchev–Trinajstić information content (AvgIpc) is 3.17. The molecule has 2 heterocycles. The predicted molar refractivity (Wildman–Crippen MR) is 107 cm³/mol. The van der Waals surface area contributed by atoms with Gasteiger partial charge in [-0.25, -0.2) is 17.1 Å². The molecule has 0 spiro atoms. The smallest absolute Gasteiger partial charge is 0.239 e. The first-order valence-electron chi connectivity index (χ1n) is 8.85. The van der Waals surface area contributed by atoms with Gasteiger partial charge in [0.1, 0.15) is 11.5 Å². The Labute approximate surface area is 167 Å². The van der Waals surface area contributed by atoms with Crippen LogP contribution in [0.5, 0.6) is 0 Å². The van der Waals surface area contributed by atoms with Gasteiger partial charge in [0.15, 0.2) is 5.76 Å². The molecule has 0 radical (unpaired) electrons. The van der Waals surface area contributed by atoms with E-state index in [0.717, 1.165) is 9.87 Å². The average molecular weight is 414 g/mol. The van der Waals surface area contributed by atoms with Gasteiger partial charge in [-0.15, -0.1) is 0 Å². The Balaban J connectivity index is 1.74. The van der Waals surface area contributed by atoms with E-state index in [0.29, 0.717) is 17.0 Å². The second-order valence-electron chi connectivity index (χ2n) is 7.17. The van der Waals surface area contributed by atoms with Gasteiger partial charge in [-0.2, -0.15) is 0 Å². The molecule has 2 aromatic carbocycles. The summed E-state index contributed by atoms with van der Waals surface area (Å²) in [5.41, 5.74) is 0.911. The van der Waals surface area contributed by atoms with Crippen LogP contribution in [0.4, 0.5) is 4.39 Å². The number of halogens is 1. The largest absolute Gasteiger partial charge is 0.356 e. The molecule has 7 nitrogen and oxygen atoms in total. The van der Waals surface area contributed by atoms with Crippen molar-refractivity contribution < 1.29 is 17.3 Å². The number of guanidine groups is 1. The molecule has 3 aromatic rings. The van der Waals surface area contributed by atoms with Crippen molar-refractivity contribution in [3.63, 3.8) is 0 Å². The summed E-state index contributed by atoms with van der Waals surface area (Å²) < 4.78 is 45.8. The topological polar surface area (TPSA) is 99.3 Å². The summed E-state index contributed by atoms with van der Waals surface area (Å²) in [5, 5.41) is 14.8. The highest BCUT2D eigenvalue weighted by atomic mass is 32.2. The van der Waals surface area contributed by atoms with Crippen LogP contribution in [0.2, 0.25) is 0 Å². The molecular formula is C20H19FN4O3S. The lowest BCUT2D eigenvalue weighted by Gasteiger charge is -2.40. The van der Waals surface area contributed by atoms with Crippen molar-refractivity contribution >= 4 is 16.0 Å². The molecule has 0 unspecified atom stereocenters. The number of nitrogens with zero attached hydrogens (tertiary/aromatic N) is 2. The molecular weight excluding hydrogens is 395 g/mol. The van der Waals surface area contributed by atoms with Gasteiger partial charge >= 0.3 is 0 Å². The highest BCUT2D eigenvalue weighted by molar-refractivity contribution is 7.89. The Morgan fingerprint density at radius 3 is 2.59 bits per heavy atom. The lowest BCUT2D eigenvalue weighted by atomic mass is 9.91. The summed E-state index contributed by atoms with van der Waals surface area (Å²) in [6, 6.07) is 15.6. The fraction of sp³-hybridized carbons (Fsp3) is 0.200. The molecule has 1 aromatic heterocycles. The summed E-state index contributed by atoms with van der Waals surface area (Å²) in [5.74, 6) is -0.835. The van der Waals surface area contributed by atoms with Crippen molar-refractivity contribution in [2.45, 2.75) is 12.5 Å². The molecule has 0 saturated carbocycles. The minimum Gasteiger partial charge on any atom is -0.356 e. The van der Waals surface area contributed by atoms with Crippen LogP contribution in [0, 0.1) is 11.2 Å². The van der Waals surface area contributed by atoms with Crippen molar-refractivity contribution in [1.29, 1.82) is 5.41 Å². The van der Waals surface area contributed by atoms with E-state index < -0.39 is 21.4 Å². The van der Waals surface area contributed by atoms with Gasteiger partial charge in [-0.1, -0.05) is 35.5 Å². The van der Waals surface area contributed by atoms with Crippen LogP contribution in [-0.4, -0.2) is 36.6 Å². The SMILES string of the molecule is CN1C(=N)N[C@](C)(c2cc(-c3cc(-c4ccccc4)no3)ccc2F)CS1(=O)=O. The normalized spacial score (nSPS) is 21.1. The van der Waals surface area contributed by atoms with Gasteiger partial charge in [0, 0.05) is 29.8 Å². The molecule has 0 bridgehead atoms. The van der Waals surface area contributed by atoms with E-state index in [1.807, 2.05) is 30.3 Å². The number of aromatic nitrogens is 1. The Morgan fingerprint density at radius 2 is 1.90 bits per heavy atom. The van der Waals surface area contributed by atoms with Crippen molar-refractivity contribution in [3.05, 3.63) is 66.0 Å². The van der Waals surface area contributed by atoms with Crippen LogP contribution in [0.15, 0.2) is 59.1 Å². The summed E-state index contributed by atoms with van der Waals surface area (Å²) in [4.78, 5) is 0. The third-order valence-corrected chi connectivity index (χ3v) is 6.98. The second kappa shape index (κ2) is 6.70. The van der Waals surface area contributed by atoms with Gasteiger partial charge in [-0.05, 0) is 25.1 Å². The number of sulfonamides is 1. The highest BCUT2D eigenvalue weighted by Crippen LogP contribution is 2.34. The van der Waals surface area contributed by atoms with Gasteiger partial charge in [0.2, 0.25) is 16.0 Å². The second-order valence-corrected chi connectivity index (χ2v) is 9.17. The lowest BCUT2D eigenvalue weighted by Crippen LogP contribution is -2.61. The standard InChI is InChI=1S/C20H19FN4O3S/c1-20(12-29(26,27)25(2)19(22)23-20)15-10-14(8-9-16(15)21)18-11-17(24-28-18)13-6-4-3-5-7-13/h3-11H,12H2,1-2H3,(H2,22,23)/t20-/m0/s1.